The monoisotopic (exact) mass is 313 g/mol. The van der Waals surface area contributed by atoms with Crippen molar-refractivity contribution in [2.24, 2.45) is 17.1 Å². The van der Waals surface area contributed by atoms with Crippen LogP contribution in [-0.2, 0) is 4.79 Å². The summed E-state index contributed by atoms with van der Waals surface area (Å²) in [4.78, 5) is 16.5. The Morgan fingerprint density at radius 1 is 1.37 bits per heavy atom. The van der Waals surface area contributed by atoms with Crippen LogP contribution in [-0.4, -0.2) is 55.5 Å². The van der Waals surface area contributed by atoms with Gasteiger partial charge < -0.3 is 10.6 Å². The summed E-state index contributed by atoms with van der Waals surface area (Å²) in [6.07, 6.45) is 1.02. The van der Waals surface area contributed by atoms with E-state index in [0.29, 0.717) is 12.5 Å². The molecule has 0 aromatic carbocycles. The molecule has 2 unspecified atom stereocenters. The second kappa shape index (κ2) is 8.30. The molecule has 2 N–H and O–H groups in total. The third kappa shape index (κ3) is 5.10. The highest BCUT2D eigenvalue weighted by atomic mass is 35.5. The largest absolute Gasteiger partial charge is 0.341 e. The summed E-state index contributed by atoms with van der Waals surface area (Å²) in [5, 5.41) is 0. The second-order valence-corrected chi connectivity index (χ2v) is 6.18. The summed E-state index contributed by atoms with van der Waals surface area (Å²) < 4.78 is 0. The van der Waals surface area contributed by atoms with E-state index in [1.54, 1.807) is 0 Å². The number of likely N-dealkylation sites (tertiary alicyclic amines) is 1. The van der Waals surface area contributed by atoms with Crippen molar-refractivity contribution in [2.75, 3.05) is 33.7 Å². The SMILES string of the molecule is CC(C)C(C(=O)N1CCC(C)(CN)C1)N(C)C.Cl.Cl. The molecule has 2 atom stereocenters. The average molecular weight is 314 g/mol. The van der Waals surface area contributed by atoms with Crippen molar-refractivity contribution < 1.29 is 4.79 Å². The summed E-state index contributed by atoms with van der Waals surface area (Å²) in [5.41, 5.74) is 5.89. The maximum absolute atomic E-state index is 12.5. The Bertz CT molecular complexity index is 279. The molecule has 1 saturated heterocycles. The number of hydrogen-bond donors (Lipinski definition) is 1. The molecule has 0 aromatic heterocycles. The van der Waals surface area contributed by atoms with Crippen LogP contribution < -0.4 is 5.73 Å². The Morgan fingerprint density at radius 2 is 1.89 bits per heavy atom. The fourth-order valence-electron chi connectivity index (χ4n) is 2.67. The lowest BCUT2D eigenvalue weighted by Gasteiger charge is -2.31. The number of carbonyl (C=O) groups excluding carboxylic acids is 1. The standard InChI is InChI=1S/C13H27N3O.2ClH/c1-10(2)11(15(4)5)12(17)16-7-6-13(3,8-14)9-16;;/h10-11H,6-9,14H2,1-5H3;2*1H. The first kappa shape index (κ1) is 21.3. The van der Waals surface area contributed by atoms with Gasteiger partial charge in [0.25, 0.3) is 0 Å². The van der Waals surface area contributed by atoms with Crippen LogP contribution in [0.25, 0.3) is 0 Å². The third-order valence-electron chi connectivity index (χ3n) is 3.80. The van der Waals surface area contributed by atoms with E-state index >= 15 is 0 Å². The van der Waals surface area contributed by atoms with E-state index in [4.69, 9.17) is 5.73 Å². The molecule has 0 radical (unpaired) electrons. The van der Waals surface area contributed by atoms with Gasteiger partial charge in [0.1, 0.15) is 0 Å². The summed E-state index contributed by atoms with van der Waals surface area (Å²) in [5.74, 6) is 0.587. The van der Waals surface area contributed by atoms with E-state index < -0.39 is 0 Å². The van der Waals surface area contributed by atoms with Crippen LogP contribution in [0.5, 0.6) is 0 Å². The Hall–Kier alpha value is -0.0300. The second-order valence-electron chi connectivity index (χ2n) is 6.18. The zero-order valence-corrected chi connectivity index (χ0v) is 14.3. The van der Waals surface area contributed by atoms with Gasteiger partial charge in [0.2, 0.25) is 5.91 Å². The van der Waals surface area contributed by atoms with Gasteiger partial charge >= 0.3 is 0 Å². The minimum absolute atomic E-state index is 0. The van der Waals surface area contributed by atoms with Crippen molar-refractivity contribution in [1.82, 2.24) is 9.80 Å². The minimum Gasteiger partial charge on any atom is -0.341 e. The lowest BCUT2D eigenvalue weighted by Crippen LogP contribution is -2.48. The summed E-state index contributed by atoms with van der Waals surface area (Å²) in [7, 11) is 3.95. The number of carbonyl (C=O) groups is 1. The van der Waals surface area contributed by atoms with Crippen LogP contribution in [0, 0.1) is 11.3 Å². The summed E-state index contributed by atoms with van der Waals surface area (Å²) >= 11 is 0. The van der Waals surface area contributed by atoms with E-state index in [1.165, 1.54) is 0 Å². The molecule has 116 valence electrons. The molecular weight excluding hydrogens is 285 g/mol. The minimum atomic E-state index is -0.0184. The molecule has 4 nitrogen and oxygen atoms in total. The molecule has 1 aliphatic heterocycles. The first-order valence-electron chi connectivity index (χ1n) is 6.46. The zero-order valence-electron chi connectivity index (χ0n) is 12.7. The highest BCUT2D eigenvalue weighted by molar-refractivity contribution is 5.85. The molecule has 19 heavy (non-hydrogen) atoms. The van der Waals surface area contributed by atoms with Gasteiger partial charge in [-0.3, -0.25) is 9.69 Å². The van der Waals surface area contributed by atoms with Gasteiger partial charge in [-0.1, -0.05) is 20.8 Å². The van der Waals surface area contributed by atoms with Crippen molar-refractivity contribution in [2.45, 2.75) is 33.2 Å². The molecule has 0 saturated carbocycles. The van der Waals surface area contributed by atoms with Gasteiger partial charge in [0.05, 0.1) is 6.04 Å². The maximum Gasteiger partial charge on any atom is 0.240 e. The average Bonchev–Trinajstić information content (AvgIpc) is 2.61. The van der Waals surface area contributed by atoms with Crippen molar-refractivity contribution >= 4 is 30.7 Å². The number of rotatable bonds is 4. The third-order valence-corrected chi connectivity index (χ3v) is 3.80. The molecular formula is C13H29Cl2N3O. The van der Waals surface area contributed by atoms with Crippen LogP contribution >= 0.6 is 24.8 Å². The molecule has 1 fully saturated rings. The first-order valence-corrected chi connectivity index (χ1v) is 6.46. The molecule has 0 aromatic rings. The number of nitrogens with two attached hydrogens (primary N) is 1. The van der Waals surface area contributed by atoms with Crippen molar-refractivity contribution in [3.05, 3.63) is 0 Å². The number of hydrogen-bond acceptors (Lipinski definition) is 3. The van der Waals surface area contributed by atoms with Gasteiger partial charge in [0.15, 0.2) is 0 Å². The van der Waals surface area contributed by atoms with Gasteiger partial charge in [-0.2, -0.15) is 0 Å². The van der Waals surface area contributed by atoms with Crippen LogP contribution in [0.1, 0.15) is 27.2 Å². The molecule has 6 heteroatoms. The molecule has 1 rings (SSSR count). The maximum atomic E-state index is 12.5. The lowest BCUT2D eigenvalue weighted by molar-refractivity contribution is -0.136. The van der Waals surface area contributed by atoms with Crippen molar-refractivity contribution in [3.63, 3.8) is 0 Å². The van der Waals surface area contributed by atoms with E-state index in [-0.39, 0.29) is 42.2 Å². The predicted molar refractivity (Wildman–Crippen MR) is 85.2 cm³/mol. The molecule has 1 aliphatic rings. The van der Waals surface area contributed by atoms with E-state index in [1.807, 2.05) is 23.9 Å². The van der Waals surface area contributed by atoms with Crippen LogP contribution in [0.2, 0.25) is 0 Å². The first-order chi connectivity index (χ1) is 7.80. The quantitative estimate of drug-likeness (QED) is 0.858. The van der Waals surface area contributed by atoms with Gasteiger partial charge in [-0.05, 0) is 38.4 Å². The van der Waals surface area contributed by atoms with Crippen LogP contribution in [0.4, 0.5) is 0 Å². The molecule has 1 heterocycles. The van der Waals surface area contributed by atoms with Crippen LogP contribution in [0.3, 0.4) is 0 Å². The van der Waals surface area contributed by atoms with Crippen LogP contribution in [0.15, 0.2) is 0 Å². The number of nitrogens with zero attached hydrogens (tertiary/aromatic N) is 2. The van der Waals surface area contributed by atoms with E-state index in [0.717, 1.165) is 19.5 Å². The molecule has 0 bridgehead atoms. The summed E-state index contributed by atoms with van der Waals surface area (Å²) in [6, 6.07) is -0.0184. The van der Waals surface area contributed by atoms with Gasteiger partial charge in [0, 0.05) is 13.1 Å². The summed E-state index contributed by atoms with van der Waals surface area (Å²) in [6.45, 7) is 8.68. The Labute approximate surface area is 129 Å². The highest BCUT2D eigenvalue weighted by Crippen LogP contribution is 2.29. The van der Waals surface area contributed by atoms with Crippen molar-refractivity contribution in [1.29, 1.82) is 0 Å². The zero-order chi connectivity index (χ0) is 13.2. The predicted octanol–water partition coefficient (Wildman–Crippen LogP) is 1.61. The Kier molecular flexibility index (Phi) is 9.29. The molecule has 1 amide bonds. The smallest absolute Gasteiger partial charge is 0.240 e. The number of likely N-dealkylation sites (N-methyl/N-ethyl adjacent to an activating group) is 1. The highest BCUT2D eigenvalue weighted by Gasteiger charge is 2.38. The van der Waals surface area contributed by atoms with E-state index in [2.05, 4.69) is 20.8 Å². The number of amides is 1. The fourth-order valence-corrected chi connectivity index (χ4v) is 2.67. The van der Waals surface area contributed by atoms with Gasteiger partial charge in [-0.25, -0.2) is 0 Å². The lowest BCUT2D eigenvalue weighted by atomic mass is 9.90. The number of halogens is 2. The van der Waals surface area contributed by atoms with Gasteiger partial charge in [-0.15, -0.1) is 24.8 Å². The van der Waals surface area contributed by atoms with E-state index in [9.17, 15) is 4.79 Å². The molecule has 0 spiro atoms. The normalized spacial score (nSPS) is 24.1. The molecule has 0 aliphatic carbocycles. The fraction of sp³-hybridized carbons (Fsp3) is 0.923. The van der Waals surface area contributed by atoms with Crippen molar-refractivity contribution in [3.8, 4) is 0 Å². The topological polar surface area (TPSA) is 49.6 Å². The Balaban J connectivity index is 0. The Morgan fingerprint density at radius 3 is 2.21 bits per heavy atom.